The Morgan fingerprint density at radius 2 is 1.59 bits per heavy atom. The van der Waals surface area contributed by atoms with E-state index < -0.39 is 0 Å². The summed E-state index contributed by atoms with van der Waals surface area (Å²) in [6.07, 6.45) is 4.55. The van der Waals surface area contributed by atoms with Gasteiger partial charge in [0.15, 0.2) is 5.71 Å². The summed E-state index contributed by atoms with van der Waals surface area (Å²) < 4.78 is 2.46. The van der Waals surface area contributed by atoms with Gasteiger partial charge in [-0.2, -0.15) is 4.58 Å². The van der Waals surface area contributed by atoms with Crippen LogP contribution in [0.1, 0.15) is 31.9 Å². The van der Waals surface area contributed by atoms with Gasteiger partial charge in [-0.15, -0.1) is 0 Å². The van der Waals surface area contributed by atoms with E-state index in [9.17, 15) is 0 Å². The summed E-state index contributed by atoms with van der Waals surface area (Å²) in [6.45, 7) is 7.90. The van der Waals surface area contributed by atoms with Crippen molar-refractivity contribution in [1.29, 1.82) is 0 Å². The van der Waals surface area contributed by atoms with Crippen molar-refractivity contribution in [2.45, 2.75) is 26.2 Å². The van der Waals surface area contributed by atoms with Crippen LogP contribution in [-0.2, 0) is 5.41 Å². The normalized spacial score (nSPS) is 14.9. The van der Waals surface area contributed by atoms with Crippen LogP contribution in [0.2, 0.25) is 0 Å². The minimum atomic E-state index is -0.0354. The number of halogens is 1. The molecule has 0 N–H and O–H groups in total. The van der Waals surface area contributed by atoms with E-state index in [2.05, 4.69) is 117 Å². The van der Waals surface area contributed by atoms with Crippen LogP contribution < -0.4 is 28.9 Å². The Hall–Kier alpha value is -2.14. The van der Waals surface area contributed by atoms with Crippen molar-refractivity contribution in [3.05, 3.63) is 77.9 Å². The molecule has 4 rings (SSSR count). The first-order chi connectivity index (χ1) is 13.4. The third-order valence-electron chi connectivity index (χ3n) is 5.91. The van der Waals surface area contributed by atoms with E-state index in [1.807, 2.05) is 0 Å². The molecule has 3 aromatic carbocycles. The summed E-state index contributed by atoms with van der Waals surface area (Å²) in [5, 5.41) is 2.68. The molecule has 1 aliphatic rings. The molecule has 0 saturated carbocycles. The maximum Gasteiger partial charge on any atom is 0.210 e. The van der Waals surface area contributed by atoms with Crippen LogP contribution >= 0.6 is 0 Å². The lowest BCUT2D eigenvalue weighted by atomic mass is 9.79. The van der Waals surface area contributed by atoms with E-state index in [4.69, 9.17) is 0 Å². The monoisotopic (exact) mass is 496 g/mol. The molecule has 29 heavy (non-hydrogen) atoms. The molecule has 0 atom stereocenters. The highest BCUT2D eigenvalue weighted by Gasteiger charge is 2.44. The third kappa shape index (κ3) is 3.73. The highest BCUT2D eigenvalue weighted by atomic mass is 127. The van der Waals surface area contributed by atoms with Gasteiger partial charge in [-0.3, -0.25) is 0 Å². The number of anilines is 1. The minimum Gasteiger partial charge on any atom is -1.00 e. The largest absolute Gasteiger partial charge is 1.00 e. The Balaban J connectivity index is 0.00000240. The van der Waals surface area contributed by atoms with Gasteiger partial charge in [0.25, 0.3) is 0 Å². The smallest absolute Gasteiger partial charge is 0.210 e. The van der Waals surface area contributed by atoms with Gasteiger partial charge in [0.2, 0.25) is 5.69 Å². The van der Waals surface area contributed by atoms with E-state index in [1.165, 1.54) is 39.0 Å². The molecule has 3 aromatic rings. The minimum absolute atomic E-state index is 0. The highest BCUT2D eigenvalue weighted by Crippen LogP contribution is 2.44. The van der Waals surface area contributed by atoms with Gasteiger partial charge in [-0.05, 0) is 61.4 Å². The zero-order chi connectivity index (χ0) is 19.9. The predicted molar refractivity (Wildman–Crippen MR) is 122 cm³/mol. The fraction of sp³-hybridized carbons (Fsp3) is 0.269. The molecule has 1 heterocycles. The quantitative estimate of drug-likeness (QED) is 0.398. The fourth-order valence-corrected chi connectivity index (χ4v) is 4.43. The Morgan fingerprint density at radius 3 is 2.24 bits per heavy atom. The van der Waals surface area contributed by atoms with Crippen LogP contribution in [-0.4, -0.2) is 30.9 Å². The number of allylic oxidation sites excluding steroid dienone is 1. The number of fused-ring (bicyclic) bond motifs is 3. The summed E-state index contributed by atoms with van der Waals surface area (Å²) in [5.41, 5.74) is 6.56. The molecule has 0 aliphatic carbocycles. The van der Waals surface area contributed by atoms with Gasteiger partial charge in [0.05, 0.1) is 5.41 Å². The topological polar surface area (TPSA) is 6.25 Å². The summed E-state index contributed by atoms with van der Waals surface area (Å²) in [6, 6.07) is 22.0. The van der Waals surface area contributed by atoms with Gasteiger partial charge in [0.1, 0.15) is 6.54 Å². The van der Waals surface area contributed by atoms with Gasteiger partial charge >= 0.3 is 0 Å². The highest BCUT2D eigenvalue weighted by molar-refractivity contribution is 6.09. The standard InChI is InChI=1S/C26H29N2.HI/c1-6-28-23-17-14-20-9-7-8-10-22(20)25(23)26(2,3)24(28)18-13-19-11-15-21(16-12-19)27(4)5;/h7-18H,6H2,1-5H3;1H/q+1;/p-1. The molecule has 0 aromatic heterocycles. The van der Waals surface area contributed by atoms with Crippen molar-refractivity contribution >= 4 is 33.9 Å². The fourth-order valence-electron chi connectivity index (χ4n) is 4.43. The van der Waals surface area contributed by atoms with E-state index in [0.29, 0.717) is 0 Å². The molecule has 0 spiro atoms. The second-order valence-electron chi connectivity index (χ2n) is 8.25. The van der Waals surface area contributed by atoms with Gasteiger partial charge in [0, 0.05) is 37.5 Å². The maximum absolute atomic E-state index is 2.46. The summed E-state index contributed by atoms with van der Waals surface area (Å²) in [5.74, 6) is 0. The molecular formula is C26H29IN2. The molecule has 0 amide bonds. The number of benzene rings is 3. The van der Waals surface area contributed by atoms with Crippen molar-refractivity contribution in [2.75, 3.05) is 25.5 Å². The van der Waals surface area contributed by atoms with E-state index in [0.717, 1.165) is 6.54 Å². The number of hydrogen-bond donors (Lipinski definition) is 0. The van der Waals surface area contributed by atoms with Crippen LogP contribution in [0, 0.1) is 0 Å². The average molecular weight is 496 g/mol. The average Bonchev–Trinajstić information content (AvgIpc) is 2.92. The molecule has 0 bridgehead atoms. The van der Waals surface area contributed by atoms with Gasteiger partial charge in [-0.25, -0.2) is 0 Å². The van der Waals surface area contributed by atoms with Crippen LogP contribution in [0.3, 0.4) is 0 Å². The first-order valence-electron chi connectivity index (χ1n) is 10.1. The first kappa shape index (κ1) is 21.6. The molecule has 1 aliphatic heterocycles. The van der Waals surface area contributed by atoms with E-state index in [1.54, 1.807) is 0 Å². The molecule has 3 heteroatoms. The van der Waals surface area contributed by atoms with Crippen LogP contribution in [0.4, 0.5) is 11.4 Å². The number of nitrogens with zero attached hydrogens (tertiary/aromatic N) is 2. The van der Waals surface area contributed by atoms with Crippen molar-refractivity contribution in [1.82, 2.24) is 0 Å². The van der Waals surface area contributed by atoms with E-state index in [-0.39, 0.29) is 29.4 Å². The summed E-state index contributed by atoms with van der Waals surface area (Å²) >= 11 is 0. The Labute approximate surface area is 191 Å². The Morgan fingerprint density at radius 1 is 0.897 bits per heavy atom. The Bertz CT molecular complexity index is 1090. The lowest BCUT2D eigenvalue weighted by molar-refractivity contribution is -0.433. The van der Waals surface area contributed by atoms with Gasteiger partial charge in [-0.1, -0.05) is 36.4 Å². The number of rotatable bonds is 4. The molecule has 0 radical (unpaired) electrons. The predicted octanol–water partition coefficient (Wildman–Crippen LogP) is 3.02. The second-order valence-corrected chi connectivity index (χ2v) is 8.25. The molecule has 0 saturated heterocycles. The van der Waals surface area contributed by atoms with Crippen molar-refractivity contribution < 1.29 is 28.6 Å². The summed E-state index contributed by atoms with van der Waals surface area (Å²) in [4.78, 5) is 2.13. The van der Waals surface area contributed by atoms with Crippen molar-refractivity contribution in [3.8, 4) is 0 Å². The van der Waals surface area contributed by atoms with Crippen molar-refractivity contribution in [2.24, 2.45) is 0 Å². The SMILES string of the molecule is CC[N+]1=C(/C=C/c2ccc(N(C)C)cc2)C(C)(C)c2c1ccc1ccccc21.[I-]. The maximum atomic E-state index is 2.46. The molecule has 150 valence electrons. The molecule has 0 fully saturated rings. The van der Waals surface area contributed by atoms with Gasteiger partial charge < -0.3 is 28.9 Å². The lowest BCUT2D eigenvalue weighted by Gasteiger charge is -2.17. The second kappa shape index (κ2) is 8.31. The lowest BCUT2D eigenvalue weighted by Crippen LogP contribution is -3.00. The third-order valence-corrected chi connectivity index (χ3v) is 5.91. The molecule has 0 unspecified atom stereocenters. The molecular weight excluding hydrogens is 467 g/mol. The van der Waals surface area contributed by atoms with E-state index >= 15 is 0 Å². The zero-order valence-corrected chi connectivity index (χ0v) is 20.1. The van der Waals surface area contributed by atoms with Crippen LogP contribution in [0.5, 0.6) is 0 Å². The first-order valence-corrected chi connectivity index (χ1v) is 10.1. The Kier molecular flexibility index (Phi) is 6.18. The van der Waals surface area contributed by atoms with Crippen molar-refractivity contribution in [3.63, 3.8) is 0 Å². The summed E-state index contributed by atoms with van der Waals surface area (Å²) in [7, 11) is 4.14. The number of hydrogen-bond acceptors (Lipinski definition) is 1. The zero-order valence-electron chi connectivity index (χ0n) is 17.9. The van der Waals surface area contributed by atoms with Crippen LogP contribution in [0.15, 0.2) is 66.7 Å². The van der Waals surface area contributed by atoms with Crippen LogP contribution in [0.25, 0.3) is 16.8 Å². The molecule has 2 nitrogen and oxygen atoms in total.